The Morgan fingerprint density at radius 3 is 2.44 bits per heavy atom. The molecule has 132 valence electrons. The van der Waals surface area contributed by atoms with E-state index in [0.717, 1.165) is 36.3 Å². The van der Waals surface area contributed by atoms with Crippen LogP contribution in [-0.4, -0.2) is 38.1 Å². The number of halogens is 2. The monoisotopic (exact) mass is 406 g/mol. The molecule has 1 aliphatic heterocycles. The number of carbonyl (C=O) groups is 1. The van der Waals surface area contributed by atoms with Gasteiger partial charge in [0.15, 0.2) is 6.04 Å². The van der Waals surface area contributed by atoms with E-state index < -0.39 is 0 Å². The minimum atomic E-state index is -0.188. The summed E-state index contributed by atoms with van der Waals surface area (Å²) >= 11 is 3.38. The van der Waals surface area contributed by atoms with Crippen molar-refractivity contribution in [2.45, 2.75) is 13.0 Å². The number of rotatable bonds is 4. The van der Waals surface area contributed by atoms with Crippen molar-refractivity contribution >= 4 is 33.2 Å². The highest BCUT2D eigenvalue weighted by Gasteiger charge is 2.29. The average Bonchev–Trinajstić information content (AvgIpc) is 2.63. The first-order valence-electron chi connectivity index (χ1n) is 8.45. The summed E-state index contributed by atoms with van der Waals surface area (Å²) in [5.41, 5.74) is 1.44. The minimum Gasteiger partial charge on any atom is -0.358 e. The lowest BCUT2D eigenvalue weighted by Crippen LogP contribution is -3.19. The van der Waals surface area contributed by atoms with Gasteiger partial charge in [-0.15, -0.1) is 0 Å². The molecule has 1 amide bonds. The van der Waals surface area contributed by atoms with Crippen LogP contribution in [0.3, 0.4) is 0 Å². The maximum Gasteiger partial charge on any atom is 0.282 e. The summed E-state index contributed by atoms with van der Waals surface area (Å²) in [5, 5.41) is 2.96. The summed E-state index contributed by atoms with van der Waals surface area (Å²) in [6, 6.07) is 14.3. The molecular formula is C19H22BrFN3O+. The number of benzene rings is 2. The molecule has 0 aromatic heterocycles. The number of nitrogens with zero attached hydrogens (tertiary/aromatic N) is 1. The summed E-state index contributed by atoms with van der Waals surface area (Å²) in [6.45, 7) is 5.05. The van der Waals surface area contributed by atoms with Crippen LogP contribution >= 0.6 is 15.9 Å². The number of nitrogens with one attached hydrogen (secondary N) is 2. The van der Waals surface area contributed by atoms with Gasteiger partial charge in [-0.05, 0) is 43.3 Å². The Labute approximate surface area is 155 Å². The quantitative estimate of drug-likeness (QED) is 0.817. The van der Waals surface area contributed by atoms with Gasteiger partial charge in [-0.3, -0.25) is 4.79 Å². The van der Waals surface area contributed by atoms with Crippen LogP contribution in [-0.2, 0) is 4.79 Å². The lowest BCUT2D eigenvalue weighted by Gasteiger charge is -2.36. The molecule has 1 saturated heterocycles. The Morgan fingerprint density at radius 1 is 1.16 bits per heavy atom. The third-order valence-corrected chi connectivity index (χ3v) is 5.24. The maximum atomic E-state index is 13.9. The average molecular weight is 407 g/mol. The van der Waals surface area contributed by atoms with Gasteiger partial charge < -0.3 is 15.1 Å². The Hall–Kier alpha value is -1.92. The third kappa shape index (κ3) is 4.38. The molecule has 4 nitrogen and oxygen atoms in total. The number of para-hydroxylation sites is 1. The van der Waals surface area contributed by atoms with Gasteiger partial charge >= 0.3 is 0 Å². The zero-order chi connectivity index (χ0) is 17.8. The molecule has 0 aliphatic carbocycles. The van der Waals surface area contributed by atoms with Crippen molar-refractivity contribution in [1.82, 2.24) is 0 Å². The fourth-order valence-electron chi connectivity index (χ4n) is 3.15. The van der Waals surface area contributed by atoms with E-state index in [1.807, 2.05) is 43.3 Å². The number of piperazine rings is 1. The molecule has 1 atom stereocenters. The van der Waals surface area contributed by atoms with E-state index in [-0.39, 0.29) is 17.8 Å². The summed E-state index contributed by atoms with van der Waals surface area (Å²) in [5.74, 6) is -0.177. The molecule has 3 rings (SSSR count). The highest BCUT2D eigenvalue weighted by molar-refractivity contribution is 9.10. The van der Waals surface area contributed by atoms with E-state index in [4.69, 9.17) is 0 Å². The summed E-state index contributed by atoms with van der Waals surface area (Å²) < 4.78 is 14.9. The van der Waals surface area contributed by atoms with Crippen LogP contribution in [0.25, 0.3) is 0 Å². The fraction of sp³-hybridized carbons (Fsp3) is 0.316. The van der Waals surface area contributed by atoms with E-state index >= 15 is 0 Å². The van der Waals surface area contributed by atoms with Crippen LogP contribution in [0, 0.1) is 5.82 Å². The molecule has 0 bridgehead atoms. The lowest BCUT2D eigenvalue weighted by atomic mass is 10.2. The predicted octanol–water partition coefficient (Wildman–Crippen LogP) is 2.32. The lowest BCUT2D eigenvalue weighted by molar-refractivity contribution is -0.914. The first-order chi connectivity index (χ1) is 12.0. The summed E-state index contributed by atoms with van der Waals surface area (Å²) in [6.07, 6.45) is 0. The summed E-state index contributed by atoms with van der Waals surface area (Å²) in [7, 11) is 0. The Morgan fingerprint density at radius 2 is 1.80 bits per heavy atom. The zero-order valence-electron chi connectivity index (χ0n) is 14.1. The van der Waals surface area contributed by atoms with Crippen molar-refractivity contribution in [2.24, 2.45) is 0 Å². The molecular weight excluding hydrogens is 385 g/mol. The number of carbonyl (C=O) groups excluding carboxylic acids is 1. The number of hydrogen-bond acceptors (Lipinski definition) is 2. The van der Waals surface area contributed by atoms with Crippen LogP contribution in [0.5, 0.6) is 0 Å². The molecule has 6 heteroatoms. The van der Waals surface area contributed by atoms with Crippen LogP contribution in [0.15, 0.2) is 53.0 Å². The molecule has 0 spiro atoms. The van der Waals surface area contributed by atoms with E-state index in [9.17, 15) is 9.18 Å². The van der Waals surface area contributed by atoms with Gasteiger partial charge in [0.05, 0.1) is 31.9 Å². The Bertz CT molecular complexity index is 730. The van der Waals surface area contributed by atoms with Gasteiger partial charge in [-0.1, -0.05) is 28.1 Å². The van der Waals surface area contributed by atoms with E-state index in [0.29, 0.717) is 5.69 Å². The second-order valence-corrected chi connectivity index (χ2v) is 7.23. The van der Waals surface area contributed by atoms with Gasteiger partial charge in [0.2, 0.25) is 0 Å². The standard InChI is InChI=1S/C19H21BrFN3O/c1-14(19(25)22-16-8-6-15(20)7-9-16)23-10-12-24(13-11-23)18-5-3-2-4-17(18)21/h2-9,14H,10-13H2,1H3,(H,22,25)/p+1/t14-/m1/s1. The molecule has 0 saturated carbocycles. The zero-order valence-corrected chi connectivity index (χ0v) is 15.7. The Balaban J connectivity index is 1.56. The second-order valence-electron chi connectivity index (χ2n) is 6.31. The topological polar surface area (TPSA) is 36.8 Å². The molecule has 2 aromatic rings. The van der Waals surface area contributed by atoms with Crippen molar-refractivity contribution in [3.63, 3.8) is 0 Å². The largest absolute Gasteiger partial charge is 0.358 e. The predicted molar refractivity (Wildman–Crippen MR) is 102 cm³/mol. The maximum absolute atomic E-state index is 13.9. The van der Waals surface area contributed by atoms with E-state index in [2.05, 4.69) is 26.1 Å². The van der Waals surface area contributed by atoms with E-state index in [1.165, 1.54) is 11.0 Å². The fourth-order valence-corrected chi connectivity index (χ4v) is 3.41. The third-order valence-electron chi connectivity index (χ3n) is 4.72. The van der Waals surface area contributed by atoms with E-state index in [1.54, 1.807) is 6.07 Å². The van der Waals surface area contributed by atoms with Crippen LogP contribution in [0.1, 0.15) is 6.92 Å². The van der Waals surface area contributed by atoms with Crippen molar-refractivity contribution in [3.05, 3.63) is 58.8 Å². The molecule has 0 radical (unpaired) electrons. The van der Waals surface area contributed by atoms with Crippen LogP contribution in [0.2, 0.25) is 0 Å². The molecule has 2 aromatic carbocycles. The highest BCUT2D eigenvalue weighted by atomic mass is 79.9. The van der Waals surface area contributed by atoms with Gasteiger partial charge in [0.1, 0.15) is 5.82 Å². The van der Waals surface area contributed by atoms with Crippen molar-refractivity contribution < 1.29 is 14.1 Å². The normalized spacial score (nSPS) is 16.5. The van der Waals surface area contributed by atoms with Crippen molar-refractivity contribution in [2.75, 3.05) is 36.4 Å². The molecule has 0 unspecified atom stereocenters. The number of quaternary nitrogens is 1. The smallest absolute Gasteiger partial charge is 0.282 e. The number of hydrogen-bond donors (Lipinski definition) is 2. The van der Waals surface area contributed by atoms with Gasteiger partial charge in [0, 0.05) is 10.2 Å². The second kappa shape index (κ2) is 7.97. The molecule has 1 aliphatic rings. The first kappa shape index (κ1) is 17.9. The van der Waals surface area contributed by atoms with Gasteiger partial charge in [0.25, 0.3) is 5.91 Å². The first-order valence-corrected chi connectivity index (χ1v) is 9.24. The molecule has 25 heavy (non-hydrogen) atoms. The van der Waals surface area contributed by atoms with Gasteiger partial charge in [-0.2, -0.15) is 0 Å². The molecule has 1 fully saturated rings. The minimum absolute atomic E-state index is 0.0108. The molecule has 2 N–H and O–H groups in total. The van der Waals surface area contributed by atoms with Crippen LogP contribution in [0.4, 0.5) is 15.8 Å². The van der Waals surface area contributed by atoms with Crippen LogP contribution < -0.4 is 15.1 Å². The molecule has 1 heterocycles. The highest BCUT2D eigenvalue weighted by Crippen LogP contribution is 2.18. The van der Waals surface area contributed by atoms with Crippen molar-refractivity contribution in [1.29, 1.82) is 0 Å². The SMILES string of the molecule is C[C@H](C(=O)Nc1ccc(Br)cc1)[NH+]1CCN(c2ccccc2F)CC1. The summed E-state index contributed by atoms with van der Waals surface area (Å²) in [4.78, 5) is 15.8. The Kier molecular flexibility index (Phi) is 5.71. The van der Waals surface area contributed by atoms with Crippen molar-refractivity contribution in [3.8, 4) is 0 Å². The van der Waals surface area contributed by atoms with Gasteiger partial charge in [-0.25, -0.2) is 4.39 Å². The number of anilines is 2. The number of amides is 1.